The van der Waals surface area contributed by atoms with Crippen molar-refractivity contribution in [3.05, 3.63) is 82.9 Å². The van der Waals surface area contributed by atoms with Gasteiger partial charge in [-0.3, -0.25) is 0 Å². The van der Waals surface area contributed by atoms with Crippen LogP contribution < -0.4 is 0 Å². The SMILES string of the molecule is CCCCCCCCc1cc(S(=O)(=O)[O-])c2c(CCCCCCCC)cccc2c1.CCCCCCCCc1cc(S(=O)(=O)[O-])c2c(CCCCCCCC)cccc2c1.[Ca+2]. The zero-order valence-corrected chi connectivity index (χ0v) is 42.4. The number of rotatable bonds is 30. The molecule has 0 heterocycles. The molecule has 0 saturated heterocycles. The Kier molecular flexibility index (Phi) is 28.6. The van der Waals surface area contributed by atoms with Crippen molar-refractivity contribution < 1.29 is 25.9 Å². The van der Waals surface area contributed by atoms with Crippen molar-refractivity contribution in [2.75, 3.05) is 0 Å². The van der Waals surface area contributed by atoms with Crippen molar-refractivity contribution in [2.24, 2.45) is 0 Å². The van der Waals surface area contributed by atoms with Crippen molar-refractivity contribution >= 4 is 79.5 Å². The topological polar surface area (TPSA) is 114 Å². The molecule has 4 rings (SSSR count). The largest absolute Gasteiger partial charge is 2.00 e. The van der Waals surface area contributed by atoms with Gasteiger partial charge in [-0.05, 0) is 96.5 Å². The van der Waals surface area contributed by atoms with Crippen molar-refractivity contribution in [1.82, 2.24) is 0 Å². The van der Waals surface area contributed by atoms with Crippen LogP contribution in [0.1, 0.15) is 204 Å². The van der Waals surface area contributed by atoms with Crippen LogP contribution in [0.2, 0.25) is 0 Å². The normalized spacial score (nSPS) is 11.8. The summed E-state index contributed by atoms with van der Waals surface area (Å²) in [6, 6.07) is 19.3. The molecule has 0 N–H and O–H groups in total. The summed E-state index contributed by atoms with van der Waals surface area (Å²) in [5.74, 6) is 0. The Bertz CT molecular complexity index is 1900. The van der Waals surface area contributed by atoms with Gasteiger partial charge in [-0.1, -0.05) is 205 Å². The first-order valence-corrected chi connectivity index (χ1v) is 26.8. The Morgan fingerprint density at radius 2 is 0.656 bits per heavy atom. The quantitative estimate of drug-likeness (QED) is 0.0292. The molecule has 0 aliphatic rings. The first kappa shape index (κ1) is 55.6. The average Bonchev–Trinajstić information content (AvgIpc) is 3.22. The predicted octanol–water partition coefficient (Wildman–Crippen LogP) is 14.7. The molecule has 0 unspecified atom stereocenters. The molecule has 9 heteroatoms. The summed E-state index contributed by atoms with van der Waals surface area (Å²) in [6.45, 7) is 8.84. The predicted molar refractivity (Wildman–Crippen MR) is 258 cm³/mol. The fourth-order valence-electron chi connectivity index (χ4n) is 8.56. The van der Waals surface area contributed by atoms with Crippen LogP contribution >= 0.6 is 0 Å². The van der Waals surface area contributed by atoms with Gasteiger partial charge in [0.05, 0.1) is 9.79 Å². The molecule has 0 aromatic heterocycles. The minimum absolute atomic E-state index is 0. The van der Waals surface area contributed by atoms with Crippen LogP contribution in [0, 0.1) is 0 Å². The summed E-state index contributed by atoms with van der Waals surface area (Å²) in [5.41, 5.74) is 3.90. The second-order valence-electron chi connectivity index (χ2n) is 17.2. The van der Waals surface area contributed by atoms with Crippen molar-refractivity contribution in [3.63, 3.8) is 0 Å². The standard InChI is InChI=1S/2C26H40O3S.Ca/c2*1-3-5-7-9-11-13-16-22-20-24-19-15-18-23(17-14-12-10-8-6-4-2)26(24)25(21-22)30(27,28)29;/h2*15,18-21H,3-14,16-17H2,1-2H3,(H,27,28,29);/q;;+2/p-2. The van der Waals surface area contributed by atoms with Gasteiger partial charge in [0.2, 0.25) is 0 Å². The number of hydrogen-bond donors (Lipinski definition) is 0. The van der Waals surface area contributed by atoms with Gasteiger partial charge in [0, 0.05) is 10.8 Å². The third kappa shape index (κ3) is 20.9. The summed E-state index contributed by atoms with van der Waals surface area (Å²) in [4.78, 5) is -0.0508. The first-order chi connectivity index (χ1) is 28.9. The number of aryl methyl sites for hydroxylation is 4. The number of hydrogen-bond acceptors (Lipinski definition) is 6. The van der Waals surface area contributed by atoms with Crippen LogP contribution in [-0.2, 0) is 45.9 Å². The maximum Gasteiger partial charge on any atom is 2.00 e. The molecule has 0 amide bonds. The molecule has 0 radical (unpaired) electrons. The summed E-state index contributed by atoms with van der Waals surface area (Å²) in [7, 11) is -9.02. The van der Waals surface area contributed by atoms with Crippen molar-refractivity contribution in [2.45, 2.75) is 217 Å². The smallest absolute Gasteiger partial charge is 0.744 e. The first-order valence-electron chi connectivity index (χ1n) is 23.9. The molecule has 0 aliphatic heterocycles. The Hall–Kier alpha value is -1.52. The van der Waals surface area contributed by atoms with Gasteiger partial charge in [0.1, 0.15) is 20.2 Å². The van der Waals surface area contributed by atoms with Gasteiger partial charge < -0.3 is 9.11 Å². The molecule has 0 fully saturated rings. The molecule has 0 bridgehead atoms. The van der Waals surface area contributed by atoms with E-state index in [1.54, 1.807) is 12.1 Å². The fourth-order valence-corrected chi connectivity index (χ4v) is 10.1. The van der Waals surface area contributed by atoms with E-state index in [1.807, 2.05) is 36.4 Å². The fraction of sp³-hybridized carbons (Fsp3) is 0.615. The maximum atomic E-state index is 12.1. The van der Waals surface area contributed by atoms with Crippen LogP contribution in [0.4, 0.5) is 0 Å². The monoisotopic (exact) mass is 902 g/mol. The molecule has 61 heavy (non-hydrogen) atoms. The molecular formula is C52H78CaO6S2. The number of fused-ring (bicyclic) bond motifs is 2. The third-order valence-electron chi connectivity index (χ3n) is 11.9. The Labute approximate surface area is 402 Å². The minimum Gasteiger partial charge on any atom is -0.744 e. The van der Waals surface area contributed by atoms with Gasteiger partial charge >= 0.3 is 37.7 Å². The summed E-state index contributed by atoms with van der Waals surface area (Å²) < 4.78 is 72.6. The van der Waals surface area contributed by atoms with E-state index in [0.717, 1.165) is 110 Å². The van der Waals surface area contributed by atoms with Gasteiger partial charge in [0.15, 0.2) is 0 Å². The second kappa shape index (κ2) is 31.4. The van der Waals surface area contributed by atoms with Crippen LogP contribution in [0.5, 0.6) is 0 Å². The van der Waals surface area contributed by atoms with Gasteiger partial charge in [-0.15, -0.1) is 0 Å². The average molecular weight is 903 g/mol. The molecule has 0 aliphatic carbocycles. The number of benzene rings is 4. The molecule has 4 aromatic rings. The Morgan fingerprint density at radius 3 is 0.951 bits per heavy atom. The van der Waals surface area contributed by atoms with Crippen molar-refractivity contribution in [1.29, 1.82) is 0 Å². The van der Waals surface area contributed by atoms with Crippen LogP contribution in [-0.4, -0.2) is 63.7 Å². The van der Waals surface area contributed by atoms with E-state index >= 15 is 0 Å². The third-order valence-corrected chi connectivity index (χ3v) is 13.7. The van der Waals surface area contributed by atoms with E-state index in [2.05, 4.69) is 39.8 Å². The summed E-state index contributed by atoms with van der Waals surface area (Å²) in [6.07, 6.45) is 31.9. The minimum atomic E-state index is -4.51. The van der Waals surface area contributed by atoms with Gasteiger partial charge in [-0.25, -0.2) is 16.8 Å². The number of unbranched alkanes of at least 4 members (excludes halogenated alkanes) is 20. The van der Waals surface area contributed by atoms with Gasteiger partial charge in [-0.2, -0.15) is 0 Å². The zero-order valence-electron chi connectivity index (χ0n) is 38.5. The van der Waals surface area contributed by atoms with E-state index in [0.29, 0.717) is 10.8 Å². The van der Waals surface area contributed by atoms with E-state index in [1.165, 1.54) is 103 Å². The molecule has 0 atom stereocenters. The Balaban J connectivity index is 0.000000413. The molecule has 336 valence electrons. The second-order valence-corrected chi connectivity index (χ2v) is 19.9. The zero-order chi connectivity index (χ0) is 43.6. The summed E-state index contributed by atoms with van der Waals surface area (Å²) >= 11 is 0. The van der Waals surface area contributed by atoms with E-state index < -0.39 is 20.2 Å². The molecule has 0 saturated carbocycles. The molecular weight excluding hydrogens is 825 g/mol. The van der Waals surface area contributed by atoms with E-state index in [9.17, 15) is 25.9 Å². The van der Waals surface area contributed by atoms with Crippen LogP contribution in [0.15, 0.2) is 70.5 Å². The summed E-state index contributed by atoms with van der Waals surface area (Å²) in [5, 5.41) is 3.06. The molecule has 4 aromatic carbocycles. The van der Waals surface area contributed by atoms with Crippen LogP contribution in [0.25, 0.3) is 21.5 Å². The van der Waals surface area contributed by atoms with Crippen molar-refractivity contribution in [3.8, 4) is 0 Å². The maximum absolute atomic E-state index is 12.1. The van der Waals surface area contributed by atoms with E-state index in [4.69, 9.17) is 0 Å². The van der Waals surface area contributed by atoms with Gasteiger partial charge in [0.25, 0.3) is 0 Å². The molecule has 0 spiro atoms. The molecule has 6 nitrogen and oxygen atoms in total. The van der Waals surface area contributed by atoms with E-state index in [-0.39, 0.29) is 47.5 Å². The Morgan fingerprint density at radius 1 is 0.377 bits per heavy atom. The van der Waals surface area contributed by atoms with Crippen LogP contribution in [0.3, 0.4) is 0 Å².